The van der Waals surface area contributed by atoms with Crippen molar-refractivity contribution in [3.63, 3.8) is 0 Å². The molecule has 17 heavy (non-hydrogen) atoms. The van der Waals surface area contributed by atoms with Gasteiger partial charge in [-0.25, -0.2) is 0 Å². The molecule has 1 saturated carbocycles. The van der Waals surface area contributed by atoms with Crippen molar-refractivity contribution < 1.29 is 31.5 Å². The fourth-order valence-electron chi connectivity index (χ4n) is 0.937. The molecule has 0 bridgehead atoms. The normalized spacial score (nSPS) is 16.4. The summed E-state index contributed by atoms with van der Waals surface area (Å²) in [7, 11) is 6.54. The largest absolute Gasteiger partial charge is 0.394 e. The van der Waals surface area contributed by atoms with Crippen LogP contribution in [0.25, 0.3) is 0 Å². The summed E-state index contributed by atoms with van der Waals surface area (Å²) in [5.41, 5.74) is 10.3. The van der Waals surface area contributed by atoms with Crippen molar-refractivity contribution in [2.24, 2.45) is 11.5 Å². The van der Waals surface area contributed by atoms with E-state index in [1.807, 2.05) is 0 Å². The van der Waals surface area contributed by atoms with Crippen molar-refractivity contribution in [3.8, 4) is 0 Å². The van der Waals surface area contributed by atoms with Crippen molar-refractivity contribution in [3.05, 3.63) is 0 Å². The monoisotopic (exact) mass is 493 g/mol. The first-order chi connectivity index (χ1) is 7.62. The molecule has 0 aliphatic heterocycles. The molecule has 112 valence electrons. The molecule has 0 radical (unpaired) electrons. The number of halogens is 2. The minimum absolute atomic E-state index is 0.382. The van der Waals surface area contributed by atoms with E-state index in [1.165, 1.54) is 32.1 Å². The predicted octanol–water partition coefficient (Wildman–Crippen LogP) is 1.58. The maximum absolute atomic E-state index is 8.74. The minimum Gasteiger partial charge on any atom is -0.264 e. The third-order valence-electron chi connectivity index (χ3n) is 1.63. The van der Waals surface area contributed by atoms with E-state index in [1.54, 1.807) is 0 Å². The van der Waals surface area contributed by atoms with E-state index in [0.29, 0.717) is 9.87 Å². The van der Waals surface area contributed by atoms with Crippen molar-refractivity contribution in [1.29, 1.82) is 0 Å². The van der Waals surface area contributed by atoms with Crippen LogP contribution in [-0.4, -0.2) is 27.4 Å². The number of hydrogen-bond donors (Lipinski definition) is 4. The van der Waals surface area contributed by atoms with Gasteiger partial charge in [-0.1, -0.05) is 32.1 Å². The molecule has 0 aromatic carbocycles. The van der Waals surface area contributed by atoms with E-state index in [9.17, 15) is 0 Å². The molecule has 0 aromatic rings. The van der Waals surface area contributed by atoms with E-state index in [4.69, 9.17) is 47.8 Å². The Labute approximate surface area is 114 Å². The second-order valence-corrected chi connectivity index (χ2v) is 18.1. The molecule has 0 saturated heterocycles. The Morgan fingerprint density at radius 1 is 0.941 bits per heavy atom. The molecule has 0 aromatic heterocycles. The Morgan fingerprint density at radius 3 is 1.18 bits per heavy atom. The molecule has 1 aliphatic carbocycles. The quantitative estimate of drug-likeness (QED) is 0.432. The minimum atomic E-state index is -4.67. The Kier molecular flexibility index (Phi) is 13.1. The van der Waals surface area contributed by atoms with Gasteiger partial charge >= 0.3 is 64.5 Å². The van der Waals surface area contributed by atoms with E-state index in [2.05, 4.69) is 0 Å². The smallest absolute Gasteiger partial charge is 0.264 e. The Balaban J connectivity index is 0. The van der Waals surface area contributed by atoms with Gasteiger partial charge in [-0.3, -0.25) is 9.11 Å². The van der Waals surface area contributed by atoms with Crippen LogP contribution in [0.4, 0.5) is 0 Å². The van der Waals surface area contributed by atoms with E-state index in [0.717, 1.165) is 0 Å². The van der Waals surface area contributed by atoms with Crippen LogP contribution in [0.1, 0.15) is 32.1 Å². The molecule has 6 N–H and O–H groups in total. The van der Waals surface area contributed by atoms with Gasteiger partial charge in [0.05, 0.1) is 0 Å². The van der Waals surface area contributed by atoms with Crippen molar-refractivity contribution in [1.82, 2.24) is 0 Å². The first-order valence-electron chi connectivity index (χ1n) is 4.70. The summed E-state index contributed by atoms with van der Waals surface area (Å²) in [4.78, 5) is 0.763. The van der Waals surface area contributed by atoms with Gasteiger partial charge in [0.1, 0.15) is 0 Å². The van der Waals surface area contributed by atoms with E-state index < -0.39 is 24.4 Å². The van der Waals surface area contributed by atoms with Gasteiger partial charge in [-0.15, -0.1) is 0 Å². The van der Waals surface area contributed by atoms with Crippen molar-refractivity contribution in [2.45, 2.75) is 32.1 Å². The fourth-order valence-corrected chi connectivity index (χ4v) is 1.32. The van der Waals surface area contributed by atoms with Gasteiger partial charge in [0, 0.05) is 0 Å². The molecule has 1 fully saturated rings. The van der Waals surface area contributed by atoms with Crippen LogP contribution in [0.15, 0.2) is 0 Å². The molecule has 1 rings (SSSR count). The molecule has 6 nitrogen and oxygen atoms in total. The third-order valence-corrected chi connectivity index (χ3v) is 7.54. The third kappa shape index (κ3) is 26.6. The average Bonchev–Trinajstić information content (AvgIpc) is 2.73. The van der Waals surface area contributed by atoms with E-state index in [-0.39, 0.29) is 0 Å². The van der Waals surface area contributed by atoms with Crippen LogP contribution >= 0.6 is 18.8 Å². The molecule has 0 spiro atoms. The SMILES string of the molecule is C1CCCC1.N[CH2][Pt]([Cl])([Cl])[CH2]N.O=S(=O)(O)O. The van der Waals surface area contributed by atoms with Crippen LogP contribution in [0.5, 0.6) is 0 Å². The maximum Gasteiger partial charge on any atom is 0.394 e. The number of nitrogens with two attached hydrogens (primary N) is 2. The zero-order valence-electron chi connectivity index (χ0n) is 9.30. The van der Waals surface area contributed by atoms with Crippen molar-refractivity contribution in [2.75, 3.05) is 9.87 Å². The Hall–Kier alpha value is 1.06. The first-order valence-corrected chi connectivity index (χ1v) is 14.9. The molecular weight excluding hydrogens is 474 g/mol. The molecule has 0 amide bonds. The van der Waals surface area contributed by atoms with Gasteiger partial charge in [-0.05, 0) is 0 Å². The second-order valence-electron chi connectivity index (χ2n) is 3.02. The van der Waals surface area contributed by atoms with Crippen LogP contribution in [-0.2, 0) is 24.4 Å². The zero-order chi connectivity index (χ0) is 13.9. The molecule has 10 heteroatoms. The summed E-state index contributed by atoms with van der Waals surface area (Å²) in [5, 5.41) is 0. The number of hydrogen-bond acceptors (Lipinski definition) is 4. The van der Waals surface area contributed by atoms with Crippen molar-refractivity contribution >= 4 is 29.2 Å². The summed E-state index contributed by atoms with van der Waals surface area (Å²) in [5.74, 6) is 0. The molecule has 0 unspecified atom stereocenters. The fraction of sp³-hybridized carbons (Fsp3) is 1.00. The summed E-state index contributed by atoms with van der Waals surface area (Å²) in [6.45, 7) is 0. The van der Waals surface area contributed by atoms with Gasteiger partial charge < -0.3 is 0 Å². The second kappa shape index (κ2) is 10.9. The van der Waals surface area contributed by atoms with Gasteiger partial charge in [0.15, 0.2) is 0 Å². The summed E-state index contributed by atoms with van der Waals surface area (Å²) >= 11 is -2.52. The Morgan fingerprint density at radius 2 is 1.12 bits per heavy atom. The number of rotatable bonds is 2. The molecule has 1 aliphatic rings. The Bertz CT molecular complexity index is 251. The molecule has 0 heterocycles. The zero-order valence-corrected chi connectivity index (χ0v) is 13.9. The summed E-state index contributed by atoms with van der Waals surface area (Å²) < 4.78 is 31.6. The van der Waals surface area contributed by atoms with Crippen LogP contribution in [0.3, 0.4) is 0 Å². The summed E-state index contributed by atoms with van der Waals surface area (Å²) in [6, 6.07) is 0. The average molecular weight is 494 g/mol. The maximum atomic E-state index is 8.74. The topological polar surface area (TPSA) is 127 Å². The van der Waals surface area contributed by atoms with Crippen LogP contribution in [0, 0.1) is 0 Å². The van der Waals surface area contributed by atoms with Crippen LogP contribution in [0.2, 0.25) is 0 Å². The predicted molar refractivity (Wildman–Crippen MR) is 67.1 cm³/mol. The molecular formula is C7H20Cl2N2O4PtS. The van der Waals surface area contributed by atoms with Crippen LogP contribution < -0.4 is 11.5 Å². The first kappa shape index (κ1) is 20.4. The van der Waals surface area contributed by atoms with Gasteiger partial charge in [0.25, 0.3) is 0 Å². The van der Waals surface area contributed by atoms with Gasteiger partial charge in [0.2, 0.25) is 0 Å². The standard InChI is InChI=1S/C5H10.2CH4N.2ClH.H2O4S.Pt/c1-2-4-5-3-1;2*1-2;;;1-5(2,3)4;/h1-5H2;2*1-2H2;2*1H;(H2,1,2,3,4);/q;;;;;;+2/p-2. The van der Waals surface area contributed by atoms with Gasteiger partial charge in [-0.2, -0.15) is 8.42 Å². The summed E-state index contributed by atoms with van der Waals surface area (Å²) in [6.07, 6.45) is 7.50. The van der Waals surface area contributed by atoms with E-state index >= 15 is 0 Å². The molecule has 0 atom stereocenters.